The third-order valence-electron chi connectivity index (χ3n) is 16.5. The maximum Gasteiger partial charge on any atom is 0.399 e. The lowest BCUT2D eigenvalue weighted by Crippen LogP contribution is -2.54. The van der Waals surface area contributed by atoms with Gasteiger partial charge in [0.2, 0.25) is 23.6 Å². The number of imide groups is 1. The first-order chi connectivity index (χ1) is 40.9. The Bertz CT molecular complexity index is 3480. The van der Waals surface area contributed by atoms with Gasteiger partial charge in [-0.05, 0) is 129 Å². The second-order valence-corrected chi connectivity index (χ2v) is 24.2. The van der Waals surface area contributed by atoms with Crippen molar-refractivity contribution in [1.29, 1.82) is 0 Å². The van der Waals surface area contributed by atoms with Crippen molar-refractivity contribution >= 4 is 71.0 Å². The molecule has 8 rings (SSSR count). The maximum atomic E-state index is 14.5. The van der Waals surface area contributed by atoms with E-state index in [1.54, 1.807) is 20.9 Å². The number of primary amides is 1. The van der Waals surface area contributed by atoms with E-state index in [-0.39, 0.29) is 81.6 Å². The molecule has 3 aliphatic heterocycles. The summed E-state index contributed by atoms with van der Waals surface area (Å²) in [7, 11) is -2.66. The van der Waals surface area contributed by atoms with Crippen LogP contribution in [-0.4, -0.2) is 117 Å². The number of carbonyl (C=O) groups excluding carboxylic acids is 7. The number of ketones is 2. The van der Waals surface area contributed by atoms with Crippen molar-refractivity contribution in [3.63, 3.8) is 0 Å². The number of allylic oxidation sites excluding steroid dienone is 2. The highest BCUT2D eigenvalue weighted by atomic mass is 31.2. The maximum absolute atomic E-state index is 14.5. The quantitative estimate of drug-likeness (QED) is 0.0155. The van der Waals surface area contributed by atoms with Gasteiger partial charge in [0, 0.05) is 64.3 Å². The van der Waals surface area contributed by atoms with Crippen LogP contribution in [0.1, 0.15) is 123 Å². The zero-order chi connectivity index (χ0) is 62.0. The zero-order valence-electron chi connectivity index (χ0n) is 48.8. The van der Waals surface area contributed by atoms with Crippen molar-refractivity contribution in [1.82, 2.24) is 19.4 Å². The molecule has 5 N–H and O–H groups in total. The van der Waals surface area contributed by atoms with Gasteiger partial charge in [-0.15, -0.1) is 0 Å². The molecule has 0 bridgehead atoms. The molecular weight excluding hydrogens is 1130 g/mol. The fraction of sp³-hybridized carbons (Fsp3) is 0.460. The van der Waals surface area contributed by atoms with Crippen LogP contribution < -0.4 is 21.6 Å². The highest BCUT2D eigenvalue weighted by Gasteiger charge is 2.50. The number of unbranched alkanes of at least 4 members (excludes halogenated alkanes) is 1. The normalized spacial score (nSPS) is 18.1. The number of imidazole rings is 1. The molecule has 1 saturated heterocycles. The number of fused-ring (bicyclic) bond motifs is 1. The van der Waals surface area contributed by atoms with E-state index in [1.807, 2.05) is 60.7 Å². The van der Waals surface area contributed by atoms with Gasteiger partial charge < -0.3 is 35.0 Å². The number of aryl methyl sites for hydroxylation is 4. The summed E-state index contributed by atoms with van der Waals surface area (Å²) >= 11 is 0. The number of nitrogens with zero attached hydrogens (tertiary/aromatic N) is 4. The smallest absolute Gasteiger partial charge is 0.379 e. The van der Waals surface area contributed by atoms with Crippen molar-refractivity contribution in [3.05, 3.63) is 140 Å². The van der Waals surface area contributed by atoms with E-state index in [9.17, 15) is 51.7 Å². The van der Waals surface area contributed by atoms with Gasteiger partial charge in [-0.1, -0.05) is 72.8 Å². The largest absolute Gasteiger partial charge is 0.399 e. The van der Waals surface area contributed by atoms with Gasteiger partial charge in [0.05, 0.1) is 48.7 Å². The molecule has 86 heavy (non-hydrogen) atoms. The average Bonchev–Trinajstić information content (AvgIpc) is 1.89. The van der Waals surface area contributed by atoms with E-state index in [0.29, 0.717) is 73.2 Å². The van der Waals surface area contributed by atoms with Gasteiger partial charge in [-0.25, -0.2) is 4.79 Å². The number of aromatic nitrogens is 2. The third kappa shape index (κ3) is 15.4. The number of likely N-dealkylation sites (tertiary alicyclic amines) is 1. The predicted octanol–water partition coefficient (Wildman–Crippen LogP) is 7.07. The Hall–Kier alpha value is -7.33. The van der Waals surface area contributed by atoms with Crippen LogP contribution in [0.5, 0.6) is 0 Å². The first kappa shape index (κ1) is 64.7. The standard InChI is InChI=1S/C63H75F2N6O14P/c1-39(44-21-23-48(24-22-44)63(64,65)86(80,81)82)33-50(73)35-47-20-19-45-11-7-12-46-36-55(71(58(45)46)60(47)77)59(76)67-51(25-28-56(66)74)40(2)85-37-43-16-14-41(15-17-43)9-5-6-13-49(72)38-84-32-31-83-30-8-10-42-18-26-52-54(34-42)68(3)62(79)70(52)53-27-29-57(75)69(4)61(53)78/h7,11-12,14-18,21-24,26,33-34,40,47,51,53,55H,5-6,8-10,13,19-20,25,27-32,35-38H2,1-4H3,(H2,66,74)(H,67,76)(H2,80,81,82)/b39-33+/t40-,47-,51+,53?,55+/m1/s1. The number of hydrogen-bond acceptors (Lipinski definition) is 12. The Labute approximate surface area is 497 Å². The van der Waals surface area contributed by atoms with E-state index in [0.717, 1.165) is 64.1 Å². The molecule has 0 saturated carbocycles. The van der Waals surface area contributed by atoms with E-state index < -0.39 is 72.5 Å². The minimum atomic E-state index is -5.78. The molecule has 23 heteroatoms. The molecule has 5 atom stereocenters. The zero-order valence-corrected chi connectivity index (χ0v) is 49.7. The highest BCUT2D eigenvalue weighted by Crippen LogP contribution is 2.59. The summed E-state index contributed by atoms with van der Waals surface area (Å²) in [5, 5.41) is 3.06. The lowest BCUT2D eigenvalue weighted by Gasteiger charge is -2.31. The van der Waals surface area contributed by atoms with Gasteiger partial charge in [0.25, 0.3) is 5.91 Å². The number of nitrogens with two attached hydrogens (primary N) is 1. The topological polar surface area (TPSA) is 276 Å². The number of hydrogen-bond donors (Lipinski definition) is 4. The van der Waals surface area contributed by atoms with Crippen LogP contribution in [0.25, 0.3) is 16.6 Å². The second kappa shape index (κ2) is 28.5. The molecule has 5 aromatic rings. The van der Waals surface area contributed by atoms with Crippen molar-refractivity contribution in [2.75, 3.05) is 38.4 Å². The SMILES string of the molecule is C/C(=C\C(=O)C[C@H]1CCc2cccc3c2N(C1=O)[C@H](C(=O)N[C@@H](CCC(N)=O)[C@@H](C)OCc1ccc(CCCCC(=O)COCCOCCCc2ccc4c(c2)n(C)c(=O)n4C2CCC(=O)N(C)C2=O)cc1)C3)c1ccc(C(F)(F)P(=O)(O)O)cc1. The molecular formula is C63H75F2N6O14P. The number of benzene rings is 4. The molecule has 1 fully saturated rings. The predicted molar refractivity (Wildman–Crippen MR) is 316 cm³/mol. The molecule has 3 aliphatic rings. The third-order valence-corrected chi connectivity index (χ3v) is 17.5. The van der Waals surface area contributed by atoms with Crippen LogP contribution >= 0.6 is 7.60 Å². The number of ether oxygens (including phenoxy) is 3. The fourth-order valence-electron chi connectivity index (χ4n) is 11.5. The number of halogens is 2. The Morgan fingerprint density at radius 2 is 1.50 bits per heavy atom. The average molecular weight is 1210 g/mol. The van der Waals surface area contributed by atoms with Crippen LogP contribution in [0, 0.1) is 5.92 Å². The first-order valence-electron chi connectivity index (χ1n) is 29.1. The monoisotopic (exact) mass is 1210 g/mol. The Morgan fingerprint density at radius 3 is 2.22 bits per heavy atom. The summed E-state index contributed by atoms with van der Waals surface area (Å²) in [5.41, 5.74) is 7.37. The number of anilines is 1. The lowest BCUT2D eigenvalue weighted by atomic mass is 9.92. The molecule has 0 radical (unpaired) electrons. The number of piperidine rings is 1. The van der Waals surface area contributed by atoms with Crippen LogP contribution in [0.2, 0.25) is 0 Å². The lowest BCUT2D eigenvalue weighted by molar-refractivity contribution is -0.149. The number of alkyl halides is 2. The first-order valence-corrected chi connectivity index (χ1v) is 30.7. The minimum Gasteiger partial charge on any atom is -0.379 e. The van der Waals surface area contributed by atoms with E-state index in [1.165, 1.54) is 39.3 Å². The minimum absolute atomic E-state index is 0.00622. The van der Waals surface area contributed by atoms with Crippen molar-refractivity contribution in [3.8, 4) is 0 Å². The summed E-state index contributed by atoms with van der Waals surface area (Å²) < 4.78 is 60.5. The van der Waals surface area contributed by atoms with Crippen LogP contribution in [-0.2, 0) is 97.3 Å². The summed E-state index contributed by atoms with van der Waals surface area (Å²) in [5.74, 6) is -3.26. The number of rotatable bonds is 30. The van der Waals surface area contributed by atoms with Crippen molar-refractivity contribution < 1.29 is 70.9 Å². The molecule has 20 nitrogen and oxygen atoms in total. The van der Waals surface area contributed by atoms with Crippen LogP contribution in [0.15, 0.2) is 95.8 Å². The Balaban J connectivity index is 0.741. The van der Waals surface area contributed by atoms with Gasteiger partial charge in [0.15, 0.2) is 11.6 Å². The van der Waals surface area contributed by atoms with Crippen molar-refractivity contribution in [2.45, 2.75) is 140 Å². The molecule has 4 aromatic carbocycles. The number of Topliss-reactive ketones (excluding diaryl/α,β-unsaturated/α-hetero) is 1. The molecule has 1 aromatic heterocycles. The fourth-order valence-corrected chi connectivity index (χ4v) is 12.0. The van der Waals surface area contributed by atoms with Gasteiger partial charge >= 0.3 is 18.9 Å². The molecule has 460 valence electrons. The summed E-state index contributed by atoms with van der Waals surface area (Å²) in [6.45, 7) is 4.68. The van der Waals surface area contributed by atoms with E-state index in [2.05, 4.69) is 5.32 Å². The summed E-state index contributed by atoms with van der Waals surface area (Å²) in [4.78, 5) is 126. The number of carbonyl (C=O) groups is 7. The van der Waals surface area contributed by atoms with Crippen LogP contribution in [0.3, 0.4) is 0 Å². The van der Waals surface area contributed by atoms with E-state index in [4.69, 9.17) is 29.7 Å². The summed E-state index contributed by atoms with van der Waals surface area (Å²) in [6.07, 6.45) is 6.19. The number of amides is 5. The van der Waals surface area contributed by atoms with Gasteiger partial charge in [0.1, 0.15) is 18.7 Å². The highest BCUT2D eigenvalue weighted by molar-refractivity contribution is 7.52. The number of nitrogens with one attached hydrogen (secondary N) is 1. The van der Waals surface area contributed by atoms with E-state index >= 15 is 0 Å². The van der Waals surface area contributed by atoms with Gasteiger partial charge in [-0.2, -0.15) is 8.78 Å². The molecule has 5 amide bonds. The Morgan fingerprint density at radius 1 is 0.814 bits per heavy atom. The number of likely N-dealkylation sites (N-methyl/N-ethyl adjacent to an activating group) is 1. The van der Waals surface area contributed by atoms with Crippen molar-refractivity contribution in [2.24, 2.45) is 18.7 Å². The van der Waals surface area contributed by atoms with Gasteiger partial charge in [-0.3, -0.25) is 57.1 Å². The summed E-state index contributed by atoms with van der Waals surface area (Å²) in [6, 6.07) is 21.1. The molecule has 4 heterocycles. The molecule has 1 unspecified atom stereocenters. The molecule has 0 aliphatic carbocycles. The number of para-hydroxylation sites is 1. The molecule has 0 spiro atoms. The Kier molecular flexibility index (Phi) is 21.4. The van der Waals surface area contributed by atoms with Crippen LogP contribution in [0.4, 0.5) is 14.5 Å². The second-order valence-electron chi connectivity index (χ2n) is 22.6.